The summed E-state index contributed by atoms with van der Waals surface area (Å²) in [6, 6.07) is 9.95. The van der Waals surface area contributed by atoms with Gasteiger partial charge in [0.1, 0.15) is 18.5 Å². The fraction of sp³-hybridized carbons (Fsp3) is 0.520. The minimum atomic E-state index is -0.166. The van der Waals surface area contributed by atoms with E-state index in [0.29, 0.717) is 57.1 Å². The Balaban J connectivity index is 1.43. The molecule has 2 aromatic rings. The van der Waals surface area contributed by atoms with Crippen molar-refractivity contribution in [3.63, 3.8) is 0 Å². The second-order valence-electron chi connectivity index (χ2n) is 8.12. The van der Waals surface area contributed by atoms with E-state index in [1.54, 1.807) is 25.4 Å². The zero-order valence-corrected chi connectivity index (χ0v) is 19.8. The van der Waals surface area contributed by atoms with E-state index in [2.05, 4.69) is 17.5 Å². The number of nitrogens with zero attached hydrogens (tertiary/aromatic N) is 1. The molecule has 1 aliphatic rings. The molecule has 0 bridgehead atoms. The summed E-state index contributed by atoms with van der Waals surface area (Å²) in [5.41, 5.74) is 1.04. The van der Waals surface area contributed by atoms with Crippen molar-refractivity contribution in [1.29, 1.82) is 0 Å². The van der Waals surface area contributed by atoms with Gasteiger partial charge in [0.05, 0.1) is 20.3 Å². The maximum atomic E-state index is 12.6. The van der Waals surface area contributed by atoms with Gasteiger partial charge in [0.2, 0.25) is 5.91 Å². The van der Waals surface area contributed by atoms with E-state index in [4.69, 9.17) is 14.2 Å². The van der Waals surface area contributed by atoms with E-state index in [1.165, 1.54) is 4.88 Å². The number of morpholine rings is 1. The van der Waals surface area contributed by atoms with Gasteiger partial charge < -0.3 is 23.9 Å². The Bertz CT molecular complexity index is 867. The number of rotatable bonds is 12. The maximum Gasteiger partial charge on any atom is 0.222 e. The number of hydrogen-bond acceptors (Lipinski definition) is 6. The number of aryl methyl sites for hydroxylation is 2. The SMILES string of the molecule is COc1cc(CCC(C)=O)ccc1OCC1CN(C(=O)CCCCc2cccs2)CCO1. The number of amides is 1. The molecule has 7 heteroatoms. The van der Waals surface area contributed by atoms with Crippen LogP contribution in [0.5, 0.6) is 11.5 Å². The Labute approximate surface area is 194 Å². The summed E-state index contributed by atoms with van der Waals surface area (Å²) in [5.74, 6) is 1.64. The van der Waals surface area contributed by atoms with Crippen molar-refractivity contribution in [1.82, 2.24) is 4.90 Å². The van der Waals surface area contributed by atoms with E-state index < -0.39 is 0 Å². The highest BCUT2D eigenvalue weighted by atomic mass is 32.1. The van der Waals surface area contributed by atoms with Crippen LogP contribution in [0.25, 0.3) is 0 Å². The van der Waals surface area contributed by atoms with Crippen LogP contribution < -0.4 is 9.47 Å². The smallest absolute Gasteiger partial charge is 0.222 e. The summed E-state index contributed by atoms with van der Waals surface area (Å²) in [6.45, 7) is 3.65. The Hall–Kier alpha value is -2.38. The molecular formula is C25H33NO5S. The van der Waals surface area contributed by atoms with Gasteiger partial charge in [-0.05, 0) is 61.7 Å². The number of carbonyl (C=O) groups excluding carboxylic acids is 2. The summed E-state index contributed by atoms with van der Waals surface area (Å²) in [6.07, 6.45) is 4.59. The Morgan fingerprint density at radius 3 is 2.78 bits per heavy atom. The fourth-order valence-electron chi connectivity index (χ4n) is 3.72. The number of benzene rings is 1. The van der Waals surface area contributed by atoms with Crippen molar-refractivity contribution in [3.05, 3.63) is 46.2 Å². The molecule has 1 unspecified atom stereocenters. The molecule has 0 spiro atoms. The first-order valence-corrected chi connectivity index (χ1v) is 12.1. The lowest BCUT2D eigenvalue weighted by Gasteiger charge is -2.33. The van der Waals surface area contributed by atoms with Crippen molar-refractivity contribution in [2.45, 2.75) is 51.6 Å². The van der Waals surface area contributed by atoms with Gasteiger partial charge in [-0.25, -0.2) is 0 Å². The van der Waals surface area contributed by atoms with Crippen LogP contribution in [0.15, 0.2) is 35.7 Å². The molecule has 1 atom stereocenters. The van der Waals surface area contributed by atoms with Crippen LogP contribution in [-0.4, -0.2) is 56.1 Å². The first kappa shape index (κ1) is 24.3. The topological polar surface area (TPSA) is 65.1 Å². The molecule has 1 aromatic carbocycles. The number of hydrogen-bond donors (Lipinski definition) is 0. The number of carbonyl (C=O) groups is 2. The van der Waals surface area contributed by atoms with E-state index in [9.17, 15) is 9.59 Å². The Kier molecular flexibility index (Phi) is 9.56. The van der Waals surface area contributed by atoms with Crippen LogP contribution in [0.3, 0.4) is 0 Å². The third-order valence-electron chi connectivity index (χ3n) is 5.55. The molecule has 1 aliphatic heterocycles. The maximum absolute atomic E-state index is 12.6. The highest BCUT2D eigenvalue weighted by molar-refractivity contribution is 7.09. The molecule has 0 aliphatic carbocycles. The van der Waals surface area contributed by atoms with E-state index in [0.717, 1.165) is 24.8 Å². The van der Waals surface area contributed by atoms with Gasteiger partial charge in [-0.1, -0.05) is 12.1 Å². The zero-order chi connectivity index (χ0) is 22.8. The van der Waals surface area contributed by atoms with Crippen molar-refractivity contribution < 1.29 is 23.8 Å². The monoisotopic (exact) mass is 459 g/mol. The van der Waals surface area contributed by atoms with Crippen molar-refractivity contribution in [2.24, 2.45) is 0 Å². The Morgan fingerprint density at radius 1 is 1.16 bits per heavy atom. The number of ether oxygens (including phenoxy) is 3. The predicted molar refractivity (Wildman–Crippen MR) is 126 cm³/mol. The molecule has 6 nitrogen and oxygen atoms in total. The van der Waals surface area contributed by atoms with Crippen LogP contribution in [0, 0.1) is 0 Å². The molecule has 1 saturated heterocycles. The molecule has 3 rings (SSSR count). The third kappa shape index (κ3) is 7.64. The van der Waals surface area contributed by atoms with Gasteiger partial charge in [0, 0.05) is 24.3 Å². The van der Waals surface area contributed by atoms with E-state index >= 15 is 0 Å². The van der Waals surface area contributed by atoms with Crippen LogP contribution in [0.2, 0.25) is 0 Å². The minimum absolute atomic E-state index is 0.166. The number of methoxy groups -OCH3 is 1. The summed E-state index contributed by atoms with van der Waals surface area (Å²) in [5, 5.41) is 2.09. The Morgan fingerprint density at radius 2 is 2.03 bits per heavy atom. The van der Waals surface area contributed by atoms with Crippen LogP contribution in [-0.2, 0) is 27.2 Å². The molecule has 1 fully saturated rings. The average molecular weight is 460 g/mol. The molecule has 2 heterocycles. The highest BCUT2D eigenvalue weighted by Gasteiger charge is 2.24. The normalized spacial score (nSPS) is 16.1. The predicted octanol–water partition coefficient (Wildman–Crippen LogP) is 4.30. The van der Waals surface area contributed by atoms with Gasteiger partial charge >= 0.3 is 0 Å². The molecule has 0 N–H and O–H groups in total. The molecule has 0 radical (unpaired) electrons. The average Bonchev–Trinajstić information content (AvgIpc) is 3.33. The lowest BCUT2D eigenvalue weighted by Crippen LogP contribution is -2.47. The largest absolute Gasteiger partial charge is 0.493 e. The number of Topliss-reactive ketones (excluding diaryl/α,β-unsaturated/α-hetero) is 1. The summed E-state index contributed by atoms with van der Waals surface area (Å²) < 4.78 is 17.2. The van der Waals surface area contributed by atoms with Gasteiger partial charge in [-0.3, -0.25) is 4.79 Å². The van der Waals surface area contributed by atoms with Crippen LogP contribution in [0.1, 0.15) is 43.0 Å². The van der Waals surface area contributed by atoms with Crippen molar-refractivity contribution in [3.8, 4) is 11.5 Å². The minimum Gasteiger partial charge on any atom is -0.493 e. The number of ketones is 1. The van der Waals surface area contributed by atoms with E-state index in [-0.39, 0.29) is 17.8 Å². The van der Waals surface area contributed by atoms with Gasteiger partial charge in [-0.15, -0.1) is 11.3 Å². The quantitative estimate of drug-likeness (QED) is 0.443. The van der Waals surface area contributed by atoms with Gasteiger partial charge in [0.25, 0.3) is 0 Å². The summed E-state index contributed by atoms with van der Waals surface area (Å²) >= 11 is 1.77. The molecule has 0 saturated carbocycles. The first-order chi connectivity index (χ1) is 15.5. The molecule has 32 heavy (non-hydrogen) atoms. The zero-order valence-electron chi connectivity index (χ0n) is 19.0. The molecule has 174 valence electrons. The lowest BCUT2D eigenvalue weighted by molar-refractivity contribution is -0.140. The number of thiophene rings is 1. The highest BCUT2D eigenvalue weighted by Crippen LogP contribution is 2.29. The molecule has 1 amide bonds. The van der Waals surface area contributed by atoms with Crippen molar-refractivity contribution in [2.75, 3.05) is 33.4 Å². The number of unbranched alkanes of at least 4 members (excludes halogenated alkanes) is 1. The summed E-state index contributed by atoms with van der Waals surface area (Å²) in [4.78, 5) is 27.1. The third-order valence-corrected chi connectivity index (χ3v) is 6.49. The molecular weight excluding hydrogens is 426 g/mol. The fourth-order valence-corrected chi connectivity index (χ4v) is 4.48. The van der Waals surface area contributed by atoms with Crippen LogP contribution >= 0.6 is 11.3 Å². The first-order valence-electron chi connectivity index (χ1n) is 11.3. The molecule has 1 aromatic heterocycles. The second kappa shape index (κ2) is 12.6. The van der Waals surface area contributed by atoms with Crippen molar-refractivity contribution >= 4 is 23.0 Å². The second-order valence-corrected chi connectivity index (χ2v) is 9.15. The summed E-state index contributed by atoms with van der Waals surface area (Å²) in [7, 11) is 1.60. The van der Waals surface area contributed by atoms with E-state index in [1.807, 2.05) is 23.1 Å². The van der Waals surface area contributed by atoms with Gasteiger partial charge in [-0.2, -0.15) is 0 Å². The van der Waals surface area contributed by atoms with Gasteiger partial charge in [0.15, 0.2) is 11.5 Å². The lowest BCUT2D eigenvalue weighted by atomic mass is 10.1. The van der Waals surface area contributed by atoms with Crippen LogP contribution in [0.4, 0.5) is 0 Å². The standard InChI is InChI=1S/C25H33NO5S/c1-19(27)9-10-20-11-12-23(24(16-20)29-2)31-18-21-17-26(13-14-30-21)25(28)8-4-3-6-22-7-5-15-32-22/h5,7,11-12,15-16,21H,3-4,6,8-10,13-14,17-18H2,1-2H3.